The van der Waals surface area contributed by atoms with Gasteiger partial charge in [-0.2, -0.15) is 0 Å². The van der Waals surface area contributed by atoms with Crippen LogP contribution in [0.25, 0.3) is 0 Å². The Hall–Kier alpha value is -1.46. The second-order valence-corrected chi connectivity index (χ2v) is 5.98. The largest absolute Gasteiger partial charge is 0.456 e. The molecule has 0 heterocycles. The van der Waals surface area contributed by atoms with Crippen LogP contribution in [0, 0.1) is 11.6 Å². The molecular formula is C16H14BrF2NO. The van der Waals surface area contributed by atoms with E-state index in [1.54, 1.807) is 6.07 Å². The Morgan fingerprint density at radius 1 is 1.10 bits per heavy atom. The van der Waals surface area contributed by atoms with Crippen molar-refractivity contribution >= 4 is 15.9 Å². The summed E-state index contributed by atoms with van der Waals surface area (Å²) in [6.45, 7) is 0.614. The van der Waals surface area contributed by atoms with Crippen LogP contribution in [-0.4, -0.2) is 6.04 Å². The average molecular weight is 354 g/mol. The molecule has 0 bridgehead atoms. The third kappa shape index (κ3) is 4.02. The van der Waals surface area contributed by atoms with Crippen LogP contribution in [0.15, 0.2) is 40.9 Å². The van der Waals surface area contributed by atoms with E-state index in [0.29, 0.717) is 28.6 Å². The predicted octanol–water partition coefficient (Wildman–Crippen LogP) is 4.77. The van der Waals surface area contributed by atoms with Gasteiger partial charge < -0.3 is 10.1 Å². The highest BCUT2D eigenvalue weighted by atomic mass is 79.9. The molecule has 2 nitrogen and oxygen atoms in total. The molecule has 2 aromatic rings. The number of ether oxygens (including phenoxy) is 1. The SMILES string of the molecule is Fc1cc(CNC2CC2)cc(Oc2ccc(F)cc2Br)c1. The summed E-state index contributed by atoms with van der Waals surface area (Å²) in [6.07, 6.45) is 2.36. The van der Waals surface area contributed by atoms with Crippen LogP contribution in [0.1, 0.15) is 18.4 Å². The minimum Gasteiger partial charge on any atom is -0.456 e. The molecule has 1 N–H and O–H groups in total. The van der Waals surface area contributed by atoms with E-state index in [-0.39, 0.29) is 11.6 Å². The summed E-state index contributed by atoms with van der Waals surface area (Å²) >= 11 is 3.23. The summed E-state index contributed by atoms with van der Waals surface area (Å²) in [5, 5.41) is 3.33. The van der Waals surface area contributed by atoms with Gasteiger partial charge in [0, 0.05) is 18.7 Å². The molecule has 1 aliphatic rings. The first-order chi connectivity index (χ1) is 10.1. The fourth-order valence-electron chi connectivity index (χ4n) is 2.02. The Balaban J connectivity index is 1.77. The Bertz CT molecular complexity index is 659. The van der Waals surface area contributed by atoms with Crippen LogP contribution < -0.4 is 10.1 Å². The van der Waals surface area contributed by atoms with E-state index in [4.69, 9.17) is 4.74 Å². The third-order valence-electron chi connectivity index (χ3n) is 3.23. The van der Waals surface area contributed by atoms with E-state index >= 15 is 0 Å². The van der Waals surface area contributed by atoms with Gasteiger partial charge in [-0.05, 0) is 64.7 Å². The van der Waals surface area contributed by atoms with Crippen molar-refractivity contribution < 1.29 is 13.5 Å². The van der Waals surface area contributed by atoms with Gasteiger partial charge in [0.1, 0.15) is 23.1 Å². The Morgan fingerprint density at radius 3 is 2.62 bits per heavy atom. The fourth-order valence-corrected chi connectivity index (χ4v) is 2.45. The fraction of sp³-hybridized carbons (Fsp3) is 0.250. The van der Waals surface area contributed by atoms with Crippen LogP contribution >= 0.6 is 15.9 Å². The summed E-state index contributed by atoms with van der Waals surface area (Å²) in [4.78, 5) is 0. The lowest BCUT2D eigenvalue weighted by Crippen LogP contribution is -2.15. The van der Waals surface area contributed by atoms with Gasteiger partial charge >= 0.3 is 0 Å². The summed E-state index contributed by atoms with van der Waals surface area (Å²) in [5.74, 6) is 0.138. The number of nitrogens with one attached hydrogen (secondary N) is 1. The third-order valence-corrected chi connectivity index (χ3v) is 3.84. The summed E-state index contributed by atoms with van der Waals surface area (Å²) in [7, 11) is 0. The lowest BCUT2D eigenvalue weighted by molar-refractivity contribution is 0.470. The molecule has 0 atom stereocenters. The minimum absolute atomic E-state index is 0.349. The second-order valence-electron chi connectivity index (χ2n) is 5.13. The number of rotatable bonds is 5. The van der Waals surface area contributed by atoms with Crippen LogP contribution in [0.2, 0.25) is 0 Å². The van der Waals surface area contributed by atoms with Crippen molar-refractivity contribution in [1.29, 1.82) is 0 Å². The molecule has 0 unspecified atom stereocenters. The average Bonchev–Trinajstić information content (AvgIpc) is 3.23. The molecule has 2 aromatic carbocycles. The maximum atomic E-state index is 13.7. The van der Waals surface area contributed by atoms with Crippen molar-refractivity contribution in [2.24, 2.45) is 0 Å². The van der Waals surface area contributed by atoms with Crippen LogP contribution in [0.5, 0.6) is 11.5 Å². The molecule has 0 aliphatic heterocycles. The van der Waals surface area contributed by atoms with Crippen molar-refractivity contribution in [2.75, 3.05) is 0 Å². The first-order valence-corrected chi connectivity index (χ1v) is 7.55. The van der Waals surface area contributed by atoms with E-state index < -0.39 is 0 Å². The molecule has 0 spiro atoms. The van der Waals surface area contributed by atoms with Gasteiger partial charge in [0.2, 0.25) is 0 Å². The smallest absolute Gasteiger partial charge is 0.141 e. The van der Waals surface area contributed by atoms with Crippen LogP contribution in [0.3, 0.4) is 0 Å². The second kappa shape index (κ2) is 6.12. The highest BCUT2D eigenvalue weighted by Crippen LogP contribution is 2.31. The molecule has 1 saturated carbocycles. The quantitative estimate of drug-likeness (QED) is 0.835. The van der Waals surface area contributed by atoms with Gasteiger partial charge in [-0.25, -0.2) is 8.78 Å². The Kier molecular flexibility index (Phi) is 4.22. The molecule has 0 radical (unpaired) electrons. The first-order valence-electron chi connectivity index (χ1n) is 6.76. The van der Waals surface area contributed by atoms with Crippen LogP contribution in [0.4, 0.5) is 8.78 Å². The molecule has 1 fully saturated rings. The molecule has 21 heavy (non-hydrogen) atoms. The van der Waals surface area contributed by atoms with Gasteiger partial charge in [-0.3, -0.25) is 0 Å². The zero-order valence-electron chi connectivity index (χ0n) is 11.2. The maximum Gasteiger partial charge on any atom is 0.141 e. The number of hydrogen-bond acceptors (Lipinski definition) is 2. The predicted molar refractivity (Wildman–Crippen MR) is 80.4 cm³/mol. The van der Waals surface area contributed by atoms with Crippen molar-refractivity contribution in [1.82, 2.24) is 5.32 Å². The van der Waals surface area contributed by atoms with E-state index in [1.165, 1.54) is 43.2 Å². The molecule has 1 aliphatic carbocycles. The van der Waals surface area contributed by atoms with Gasteiger partial charge in [0.15, 0.2) is 0 Å². The van der Waals surface area contributed by atoms with Gasteiger partial charge in [0.05, 0.1) is 4.47 Å². The summed E-state index contributed by atoms with van der Waals surface area (Å²) < 4.78 is 32.8. The molecule has 0 amide bonds. The highest BCUT2D eigenvalue weighted by molar-refractivity contribution is 9.10. The van der Waals surface area contributed by atoms with Gasteiger partial charge in [0.25, 0.3) is 0 Å². The summed E-state index contributed by atoms with van der Waals surface area (Å²) in [6, 6.07) is 9.27. The zero-order chi connectivity index (χ0) is 14.8. The molecule has 110 valence electrons. The van der Waals surface area contributed by atoms with Crippen LogP contribution in [-0.2, 0) is 6.54 Å². The highest BCUT2D eigenvalue weighted by Gasteiger charge is 2.20. The maximum absolute atomic E-state index is 13.7. The summed E-state index contributed by atoms with van der Waals surface area (Å²) in [5.41, 5.74) is 0.829. The van der Waals surface area contributed by atoms with E-state index in [2.05, 4.69) is 21.2 Å². The topological polar surface area (TPSA) is 21.3 Å². The molecule has 0 aromatic heterocycles. The molecule has 5 heteroatoms. The monoisotopic (exact) mass is 353 g/mol. The standard InChI is InChI=1S/C16H14BrF2NO/c17-15-8-11(18)1-4-16(15)21-14-6-10(5-12(19)7-14)9-20-13-2-3-13/h1,4-8,13,20H,2-3,9H2. The number of benzene rings is 2. The van der Waals surface area contributed by atoms with E-state index in [0.717, 1.165) is 5.56 Å². The minimum atomic E-state index is -0.359. The van der Waals surface area contributed by atoms with E-state index in [9.17, 15) is 8.78 Å². The Labute approximate surface area is 130 Å². The van der Waals surface area contributed by atoms with Gasteiger partial charge in [-0.1, -0.05) is 0 Å². The lowest BCUT2D eigenvalue weighted by atomic mass is 10.2. The zero-order valence-corrected chi connectivity index (χ0v) is 12.8. The normalized spacial score (nSPS) is 14.2. The number of halogens is 3. The first kappa shape index (κ1) is 14.5. The van der Waals surface area contributed by atoms with Gasteiger partial charge in [-0.15, -0.1) is 0 Å². The Morgan fingerprint density at radius 2 is 1.90 bits per heavy atom. The van der Waals surface area contributed by atoms with Crippen molar-refractivity contribution in [3.63, 3.8) is 0 Å². The molecule has 0 saturated heterocycles. The lowest BCUT2D eigenvalue weighted by Gasteiger charge is -2.10. The van der Waals surface area contributed by atoms with Crippen molar-refractivity contribution in [2.45, 2.75) is 25.4 Å². The van der Waals surface area contributed by atoms with Crippen molar-refractivity contribution in [3.05, 3.63) is 58.1 Å². The van der Waals surface area contributed by atoms with E-state index in [1.807, 2.05) is 0 Å². The molecule has 3 rings (SSSR count). The van der Waals surface area contributed by atoms with Crippen molar-refractivity contribution in [3.8, 4) is 11.5 Å². The molecular weight excluding hydrogens is 340 g/mol. The number of hydrogen-bond donors (Lipinski definition) is 1.